The van der Waals surface area contributed by atoms with Gasteiger partial charge in [0.1, 0.15) is 6.04 Å². The summed E-state index contributed by atoms with van der Waals surface area (Å²) < 4.78 is 24.2. The van der Waals surface area contributed by atoms with Gasteiger partial charge in [-0.2, -0.15) is 0 Å². The third-order valence-electron chi connectivity index (χ3n) is 3.77. The summed E-state index contributed by atoms with van der Waals surface area (Å²) in [4.78, 5) is 25.5. The molecule has 2 aliphatic rings. The summed E-state index contributed by atoms with van der Waals surface area (Å²) in [5.74, 6) is -1.13. The highest BCUT2D eigenvalue weighted by atomic mass is 32.2. The summed E-state index contributed by atoms with van der Waals surface area (Å²) in [6, 6.07) is 7.38. The zero-order valence-corrected chi connectivity index (χ0v) is 12.1. The van der Waals surface area contributed by atoms with Crippen LogP contribution in [-0.4, -0.2) is 42.2 Å². The van der Waals surface area contributed by atoms with Gasteiger partial charge < -0.3 is 5.73 Å². The Bertz CT molecular complexity index is 767. The standard InChI is InChI=1S/C14H14N2O4S/c1-8-7-21(19,20)14-10(15)13(18)16(14)11(8)12(17)9-5-3-2-4-6-9/h2-6,10,14H,7,15H2,1H3/t10-,14+/m1/s1. The first-order valence-corrected chi connectivity index (χ1v) is 8.16. The molecule has 2 heterocycles. The Kier molecular flexibility index (Phi) is 3.00. The molecule has 0 saturated carbocycles. The first-order chi connectivity index (χ1) is 9.84. The monoisotopic (exact) mass is 306 g/mol. The summed E-state index contributed by atoms with van der Waals surface area (Å²) in [6.07, 6.45) is 0. The number of carbonyl (C=O) groups is 2. The minimum atomic E-state index is -3.53. The second-order valence-electron chi connectivity index (χ2n) is 5.26. The molecule has 0 aliphatic carbocycles. The van der Waals surface area contributed by atoms with Gasteiger partial charge in [-0.05, 0) is 12.5 Å². The molecule has 7 heteroatoms. The number of ketones is 1. The molecule has 21 heavy (non-hydrogen) atoms. The highest BCUT2D eigenvalue weighted by molar-refractivity contribution is 7.92. The predicted molar refractivity (Wildman–Crippen MR) is 75.9 cm³/mol. The molecule has 0 spiro atoms. The van der Waals surface area contributed by atoms with Crippen LogP contribution >= 0.6 is 0 Å². The largest absolute Gasteiger partial charge is 0.317 e. The second kappa shape index (κ2) is 4.51. The predicted octanol–water partition coefficient (Wildman–Crippen LogP) is 0.0673. The lowest BCUT2D eigenvalue weighted by molar-refractivity contribution is -0.141. The number of hydrogen-bond acceptors (Lipinski definition) is 5. The van der Waals surface area contributed by atoms with Gasteiger partial charge >= 0.3 is 0 Å². The zero-order chi connectivity index (χ0) is 15.4. The van der Waals surface area contributed by atoms with Crippen molar-refractivity contribution in [2.75, 3.05) is 5.75 Å². The molecule has 1 aromatic carbocycles. The molecule has 0 bridgehead atoms. The van der Waals surface area contributed by atoms with Gasteiger partial charge in [0.2, 0.25) is 11.7 Å². The van der Waals surface area contributed by atoms with Crippen LogP contribution < -0.4 is 5.73 Å². The zero-order valence-electron chi connectivity index (χ0n) is 11.3. The third kappa shape index (κ3) is 1.92. The summed E-state index contributed by atoms with van der Waals surface area (Å²) >= 11 is 0. The second-order valence-corrected chi connectivity index (χ2v) is 7.35. The van der Waals surface area contributed by atoms with Gasteiger partial charge in [0.05, 0.1) is 11.4 Å². The maximum atomic E-state index is 12.6. The van der Waals surface area contributed by atoms with Gasteiger partial charge in [-0.1, -0.05) is 30.3 Å². The highest BCUT2D eigenvalue weighted by Gasteiger charge is 2.57. The number of nitrogens with two attached hydrogens (primary N) is 1. The molecule has 2 N–H and O–H groups in total. The molecule has 1 saturated heterocycles. The molecule has 0 unspecified atom stereocenters. The number of rotatable bonds is 2. The summed E-state index contributed by atoms with van der Waals surface area (Å²) in [6.45, 7) is 1.56. The van der Waals surface area contributed by atoms with Crippen molar-refractivity contribution in [2.24, 2.45) is 5.73 Å². The fraction of sp³-hybridized carbons (Fsp3) is 0.286. The number of β-lactam (4-membered cyclic amide) rings is 1. The molecule has 2 atom stereocenters. The molecule has 3 rings (SSSR count). The number of sulfone groups is 1. The van der Waals surface area contributed by atoms with E-state index >= 15 is 0 Å². The van der Waals surface area contributed by atoms with Crippen molar-refractivity contribution in [3.05, 3.63) is 47.2 Å². The molecule has 0 radical (unpaired) electrons. The van der Waals surface area contributed by atoms with Gasteiger partial charge in [0.15, 0.2) is 15.2 Å². The maximum Gasteiger partial charge on any atom is 0.248 e. The topological polar surface area (TPSA) is 97.5 Å². The van der Waals surface area contributed by atoms with Crippen LogP contribution in [0.1, 0.15) is 17.3 Å². The smallest absolute Gasteiger partial charge is 0.248 e. The van der Waals surface area contributed by atoms with Crippen LogP contribution in [0.3, 0.4) is 0 Å². The SMILES string of the molecule is CC1=C(C(=O)c2ccccc2)N2C(=O)[C@@H](N)[C@@H]2S(=O)(=O)C1. The van der Waals surface area contributed by atoms with Crippen LogP contribution in [-0.2, 0) is 14.6 Å². The van der Waals surface area contributed by atoms with Crippen LogP contribution in [0.15, 0.2) is 41.6 Å². The molecule has 2 aliphatic heterocycles. The molecule has 1 fully saturated rings. The summed E-state index contributed by atoms with van der Waals surface area (Å²) in [7, 11) is -3.53. The average molecular weight is 306 g/mol. The van der Waals surface area contributed by atoms with Crippen LogP contribution in [0.4, 0.5) is 0 Å². The Balaban J connectivity index is 2.10. The Labute approximate surface area is 122 Å². The molecular weight excluding hydrogens is 292 g/mol. The van der Waals surface area contributed by atoms with E-state index < -0.39 is 27.2 Å². The molecular formula is C14H14N2O4S. The van der Waals surface area contributed by atoms with Crippen LogP contribution in [0.2, 0.25) is 0 Å². The van der Waals surface area contributed by atoms with Crippen molar-refractivity contribution in [3.8, 4) is 0 Å². The average Bonchev–Trinajstić information content (AvgIpc) is 2.45. The molecule has 6 nitrogen and oxygen atoms in total. The van der Waals surface area contributed by atoms with Gasteiger partial charge in [-0.15, -0.1) is 0 Å². The maximum absolute atomic E-state index is 12.6. The number of benzene rings is 1. The number of allylic oxidation sites excluding steroid dienone is 1. The van der Waals surface area contributed by atoms with E-state index in [0.29, 0.717) is 11.1 Å². The minimum Gasteiger partial charge on any atom is -0.317 e. The van der Waals surface area contributed by atoms with Crippen LogP contribution in [0, 0.1) is 0 Å². The molecule has 1 amide bonds. The summed E-state index contributed by atoms with van der Waals surface area (Å²) in [5, 5.41) is -1.11. The van der Waals surface area contributed by atoms with Crippen molar-refractivity contribution in [3.63, 3.8) is 0 Å². The van der Waals surface area contributed by atoms with E-state index in [2.05, 4.69) is 0 Å². The van der Waals surface area contributed by atoms with E-state index in [1.54, 1.807) is 37.3 Å². The molecule has 0 aromatic heterocycles. The lowest BCUT2D eigenvalue weighted by Gasteiger charge is -2.48. The quantitative estimate of drug-likeness (QED) is 0.616. The Hall–Kier alpha value is -1.99. The lowest BCUT2D eigenvalue weighted by Crippen LogP contribution is -2.73. The highest BCUT2D eigenvalue weighted by Crippen LogP contribution is 2.36. The van der Waals surface area contributed by atoms with Crippen molar-refractivity contribution < 1.29 is 18.0 Å². The Morgan fingerprint density at radius 2 is 1.90 bits per heavy atom. The fourth-order valence-electron chi connectivity index (χ4n) is 2.80. The number of Topliss-reactive ketones (excluding diaryl/α,β-unsaturated/α-hetero) is 1. The van der Waals surface area contributed by atoms with Gasteiger partial charge in [0.25, 0.3) is 0 Å². The van der Waals surface area contributed by atoms with Crippen LogP contribution in [0.5, 0.6) is 0 Å². The molecule has 1 aromatic rings. The van der Waals surface area contributed by atoms with E-state index in [1.165, 1.54) is 0 Å². The summed E-state index contributed by atoms with van der Waals surface area (Å²) in [5.41, 5.74) is 6.53. The van der Waals surface area contributed by atoms with E-state index in [9.17, 15) is 18.0 Å². The Morgan fingerprint density at radius 1 is 1.29 bits per heavy atom. The number of amides is 1. The third-order valence-corrected chi connectivity index (χ3v) is 5.84. The first-order valence-electron chi connectivity index (χ1n) is 6.44. The normalized spacial score (nSPS) is 27.1. The molecule has 110 valence electrons. The van der Waals surface area contributed by atoms with Crippen molar-refractivity contribution in [1.29, 1.82) is 0 Å². The van der Waals surface area contributed by atoms with E-state index in [4.69, 9.17) is 5.73 Å². The van der Waals surface area contributed by atoms with Crippen molar-refractivity contribution in [1.82, 2.24) is 4.90 Å². The van der Waals surface area contributed by atoms with Crippen molar-refractivity contribution >= 4 is 21.5 Å². The van der Waals surface area contributed by atoms with Crippen LogP contribution in [0.25, 0.3) is 0 Å². The minimum absolute atomic E-state index is 0.146. The first kappa shape index (κ1) is 14.0. The van der Waals surface area contributed by atoms with Crippen molar-refractivity contribution in [2.45, 2.75) is 18.3 Å². The van der Waals surface area contributed by atoms with Gasteiger partial charge in [-0.25, -0.2) is 8.42 Å². The number of fused-ring (bicyclic) bond motifs is 1. The van der Waals surface area contributed by atoms with E-state index in [-0.39, 0.29) is 17.2 Å². The van der Waals surface area contributed by atoms with E-state index in [0.717, 1.165) is 4.90 Å². The number of carbonyl (C=O) groups excluding carboxylic acids is 2. The Morgan fingerprint density at radius 3 is 2.52 bits per heavy atom. The number of hydrogen-bond donors (Lipinski definition) is 1. The van der Waals surface area contributed by atoms with Gasteiger partial charge in [-0.3, -0.25) is 14.5 Å². The lowest BCUT2D eigenvalue weighted by atomic mass is 9.98. The fourth-order valence-corrected chi connectivity index (χ4v) is 4.80. The number of nitrogens with zero attached hydrogens (tertiary/aromatic N) is 1. The van der Waals surface area contributed by atoms with Gasteiger partial charge in [0, 0.05) is 5.56 Å². The van der Waals surface area contributed by atoms with E-state index in [1.807, 2.05) is 0 Å².